The largest absolute Gasteiger partial charge is 0.276 e. The summed E-state index contributed by atoms with van der Waals surface area (Å²) in [6.45, 7) is 3.88. The smallest absolute Gasteiger partial charge is 0.126 e. The molecule has 1 fully saturated rings. The van der Waals surface area contributed by atoms with Crippen LogP contribution in [-0.2, 0) is 14.1 Å². The monoisotopic (exact) mass is 359 g/mol. The van der Waals surface area contributed by atoms with Crippen LogP contribution in [0.3, 0.4) is 0 Å². The molecule has 0 N–H and O–H groups in total. The van der Waals surface area contributed by atoms with Crippen LogP contribution in [-0.4, -0.2) is 34.5 Å². The van der Waals surface area contributed by atoms with Gasteiger partial charge in [0.2, 0.25) is 0 Å². The predicted molar refractivity (Wildman–Crippen MR) is 102 cm³/mol. The molecule has 1 saturated carbocycles. The molecule has 1 aliphatic carbocycles. The van der Waals surface area contributed by atoms with Gasteiger partial charge >= 0.3 is 0 Å². The average Bonchev–Trinajstić information content (AvgIpc) is 3.16. The van der Waals surface area contributed by atoms with Gasteiger partial charge in [0.15, 0.2) is 0 Å². The highest BCUT2D eigenvalue weighted by Crippen LogP contribution is 2.54. The second-order valence-electron chi connectivity index (χ2n) is 7.39. The maximum Gasteiger partial charge on any atom is 0.126 e. The SMILES string of the molecule is Cc1nc(C)c2nc(-c3cc(C4CC4c4cnn(C)c4)nn3C)ccc2n1. The van der Waals surface area contributed by atoms with Crippen molar-refractivity contribution in [3.05, 3.63) is 53.4 Å². The third kappa shape index (κ3) is 2.70. The van der Waals surface area contributed by atoms with Gasteiger partial charge in [-0.05, 0) is 49.9 Å². The van der Waals surface area contributed by atoms with Gasteiger partial charge < -0.3 is 0 Å². The molecule has 0 saturated heterocycles. The van der Waals surface area contributed by atoms with Crippen molar-refractivity contribution < 1.29 is 0 Å². The number of hydrogen-bond donors (Lipinski definition) is 0. The molecule has 7 heteroatoms. The summed E-state index contributed by atoms with van der Waals surface area (Å²) in [5.41, 5.74) is 6.97. The van der Waals surface area contributed by atoms with E-state index in [9.17, 15) is 0 Å². The lowest BCUT2D eigenvalue weighted by Gasteiger charge is -2.05. The van der Waals surface area contributed by atoms with Crippen LogP contribution in [0.5, 0.6) is 0 Å². The Morgan fingerprint density at radius 3 is 2.67 bits per heavy atom. The summed E-state index contributed by atoms with van der Waals surface area (Å²) in [6, 6.07) is 6.20. The number of pyridine rings is 1. The van der Waals surface area contributed by atoms with Crippen LogP contribution in [0.15, 0.2) is 30.6 Å². The Kier molecular flexibility index (Phi) is 3.40. The van der Waals surface area contributed by atoms with E-state index in [-0.39, 0.29) is 0 Å². The highest BCUT2D eigenvalue weighted by Gasteiger charge is 2.42. The number of nitrogens with zero attached hydrogens (tertiary/aromatic N) is 7. The van der Waals surface area contributed by atoms with Crippen molar-refractivity contribution in [3.8, 4) is 11.4 Å². The molecule has 4 heterocycles. The number of fused-ring (bicyclic) bond motifs is 1. The van der Waals surface area contributed by atoms with E-state index >= 15 is 0 Å². The fraction of sp³-hybridized carbons (Fsp3) is 0.350. The second kappa shape index (κ2) is 5.70. The summed E-state index contributed by atoms with van der Waals surface area (Å²) in [5.74, 6) is 1.75. The van der Waals surface area contributed by atoms with Crippen molar-refractivity contribution in [2.45, 2.75) is 32.1 Å². The third-order valence-corrected chi connectivity index (χ3v) is 5.31. The Hall–Kier alpha value is -3.09. The van der Waals surface area contributed by atoms with Crippen LogP contribution in [0, 0.1) is 13.8 Å². The molecule has 0 aliphatic heterocycles. The minimum absolute atomic E-state index is 0.460. The maximum absolute atomic E-state index is 4.82. The van der Waals surface area contributed by atoms with Crippen LogP contribution in [0.4, 0.5) is 0 Å². The first-order valence-corrected chi connectivity index (χ1v) is 9.14. The van der Waals surface area contributed by atoms with E-state index < -0.39 is 0 Å². The molecule has 0 aromatic carbocycles. The van der Waals surface area contributed by atoms with Crippen LogP contribution < -0.4 is 0 Å². The Morgan fingerprint density at radius 2 is 1.89 bits per heavy atom. The third-order valence-electron chi connectivity index (χ3n) is 5.31. The zero-order valence-corrected chi connectivity index (χ0v) is 15.9. The fourth-order valence-electron chi connectivity index (χ4n) is 3.88. The normalized spacial score (nSPS) is 19.0. The molecule has 0 radical (unpaired) electrons. The minimum atomic E-state index is 0.460. The quantitative estimate of drug-likeness (QED) is 0.562. The number of hydrogen-bond acceptors (Lipinski definition) is 5. The lowest BCUT2D eigenvalue weighted by atomic mass is 10.1. The average molecular weight is 359 g/mol. The van der Waals surface area contributed by atoms with Crippen molar-refractivity contribution in [1.29, 1.82) is 0 Å². The van der Waals surface area contributed by atoms with Gasteiger partial charge in [-0.2, -0.15) is 10.2 Å². The Morgan fingerprint density at radius 1 is 1.04 bits per heavy atom. The topological polar surface area (TPSA) is 74.3 Å². The fourth-order valence-corrected chi connectivity index (χ4v) is 3.88. The highest BCUT2D eigenvalue weighted by atomic mass is 15.3. The second-order valence-corrected chi connectivity index (χ2v) is 7.39. The minimum Gasteiger partial charge on any atom is -0.276 e. The van der Waals surface area contributed by atoms with Gasteiger partial charge in [-0.15, -0.1) is 0 Å². The number of aryl methyl sites for hydroxylation is 4. The molecular formula is C20H21N7. The van der Waals surface area contributed by atoms with Crippen molar-refractivity contribution >= 4 is 11.0 Å². The predicted octanol–water partition coefficient (Wildman–Crippen LogP) is 3.05. The van der Waals surface area contributed by atoms with Gasteiger partial charge in [-0.3, -0.25) is 9.36 Å². The van der Waals surface area contributed by atoms with Crippen molar-refractivity contribution in [2.75, 3.05) is 0 Å². The maximum atomic E-state index is 4.82. The van der Waals surface area contributed by atoms with Crippen LogP contribution in [0.25, 0.3) is 22.4 Å². The van der Waals surface area contributed by atoms with E-state index in [1.165, 1.54) is 5.56 Å². The molecule has 7 nitrogen and oxygen atoms in total. The first-order valence-electron chi connectivity index (χ1n) is 9.14. The zero-order chi connectivity index (χ0) is 18.7. The number of aromatic nitrogens is 7. The lowest BCUT2D eigenvalue weighted by Crippen LogP contribution is -1.99. The molecule has 2 atom stereocenters. The van der Waals surface area contributed by atoms with Crippen LogP contribution in [0.1, 0.15) is 41.0 Å². The van der Waals surface area contributed by atoms with E-state index in [2.05, 4.69) is 27.3 Å². The summed E-state index contributed by atoms with van der Waals surface area (Å²) in [6.07, 6.45) is 5.19. The first kappa shape index (κ1) is 16.1. The number of rotatable bonds is 3. The molecule has 27 heavy (non-hydrogen) atoms. The summed E-state index contributed by atoms with van der Waals surface area (Å²) >= 11 is 0. The Bertz CT molecular complexity index is 1170. The van der Waals surface area contributed by atoms with Gasteiger partial charge in [-0.25, -0.2) is 15.0 Å². The van der Waals surface area contributed by atoms with Gasteiger partial charge in [-0.1, -0.05) is 0 Å². The standard InChI is InChI=1S/C20H21N7/c1-11-20-17(23-12(2)22-11)6-5-16(24-20)19-8-18(25-27(19)4)15-7-14(15)13-9-21-26(3)10-13/h5-6,8-10,14-15H,7H2,1-4H3. The van der Waals surface area contributed by atoms with Crippen LogP contribution >= 0.6 is 0 Å². The van der Waals surface area contributed by atoms with E-state index in [1.54, 1.807) is 0 Å². The zero-order valence-electron chi connectivity index (χ0n) is 15.9. The molecule has 0 bridgehead atoms. The van der Waals surface area contributed by atoms with E-state index in [0.717, 1.165) is 46.1 Å². The Balaban J connectivity index is 1.49. The molecule has 5 rings (SSSR count). The van der Waals surface area contributed by atoms with Gasteiger partial charge in [0.05, 0.1) is 34.5 Å². The molecule has 4 aromatic heterocycles. The molecule has 136 valence electrons. The van der Waals surface area contributed by atoms with Gasteiger partial charge in [0, 0.05) is 26.2 Å². The van der Waals surface area contributed by atoms with Crippen molar-refractivity contribution in [3.63, 3.8) is 0 Å². The highest BCUT2D eigenvalue weighted by molar-refractivity contribution is 5.79. The van der Waals surface area contributed by atoms with Gasteiger partial charge in [0.25, 0.3) is 0 Å². The molecule has 4 aromatic rings. The summed E-state index contributed by atoms with van der Waals surface area (Å²) in [7, 11) is 3.93. The summed E-state index contributed by atoms with van der Waals surface area (Å²) in [5, 5.41) is 9.06. The Labute approximate surface area is 157 Å². The lowest BCUT2D eigenvalue weighted by molar-refractivity contribution is 0.745. The molecule has 1 aliphatic rings. The van der Waals surface area contributed by atoms with Crippen molar-refractivity contribution in [2.24, 2.45) is 14.1 Å². The van der Waals surface area contributed by atoms with Gasteiger partial charge in [0.1, 0.15) is 11.3 Å². The van der Waals surface area contributed by atoms with Crippen LogP contribution in [0.2, 0.25) is 0 Å². The van der Waals surface area contributed by atoms with Crippen molar-refractivity contribution in [1.82, 2.24) is 34.5 Å². The van der Waals surface area contributed by atoms with E-state index in [0.29, 0.717) is 11.8 Å². The summed E-state index contributed by atoms with van der Waals surface area (Å²) < 4.78 is 3.78. The summed E-state index contributed by atoms with van der Waals surface area (Å²) in [4.78, 5) is 13.7. The molecule has 0 amide bonds. The molecule has 0 spiro atoms. The van der Waals surface area contributed by atoms with E-state index in [4.69, 9.17) is 10.1 Å². The van der Waals surface area contributed by atoms with E-state index in [1.807, 2.05) is 55.6 Å². The molecular weight excluding hydrogens is 338 g/mol. The first-order chi connectivity index (χ1) is 13.0. The molecule has 2 unspecified atom stereocenters.